The molecule has 1 atom stereocenters. The molecule has 2 aromatic carbocycles. The zero-order valence-electron chi connectivity index (χ0n) is 16.0. The molecule has 0 radical (unpaired) electrons. The lowest BCUT2D eigenvalue weighted by molar-refractivity contribution is 0.102. The van der Waals surface area contributed by atoms with Crippen molar-refractivity contribution in [1.29, 1.82) is 0 Å². The van der Waals surface area contributed by atoms with E-state index in [1.165, 1.54) is 16.7 Å². The standard InChI is InChI=1S/C23H20N4OS/c1-14-12-29-23-20(14)21(24-13-25-23)26-19-10-15-7-8-16(9-17(15)11-19)22(28)27-18-5-3-2-4-6-18/h2-9,12-13,19H,10-11H2,1H3,(H,27,28)(H,24,25,26). The van der Waals surface area contributed by atoms with E-state index in [0.717, 1.165) is 34.6 Å². The van der Waals surface area contributed by atoms with E-state index in [4.69, 9.17) is 0 Å². The number of benzene rings is 2. The van der Waals surface area contributed by atoms with Crippen LogP contribution in [0, 0.1) is 6.92 Å². The van der Waals surface area contributed by atoms with Crippen molar-refractivity contribution >= 4 is 39.0 Å². The van der Waals surface area contributed by atoms with E-state index in [1.54, 1.807) is 17.7 Å². The van der Waals surface area contributed by atoms with Crippen molar-refractivity contribution in [3.63, 3.8) is 0 Å². The summed E-state index contributed by atoms with van der Waals surface area (Å²) in [4.78, 5) is 22.5. The van der Waals surface area contributed by atoms with E-state index in [0.29, 0.717) is 5.56 Å². The van der Waals surface area contributed by atoms with Crippen LogP contribution in [-0.2, 0) is 12.8 Å². The maximum Gasteiger partial charge on any atom is 0.255 e. The molecule has 1 unspecified atom stereocenters. The Balaban J connectivity index is 1.33. The lowest BCUT2D eigenvalue weighted by Gasteiger charge is -2.13. The summed E-state index contributed by atoms with van der Waals surface area (Å²) >= 11 is 1.64. The Morgan fingerprint density at radius 2 is 1.90 bits per heavy atom. The van der Waals surface area contributed by atoms with Crippen LogP contribution < -0.4 is 10.6 Å². The first-order chi connectivity index (χ1) is 14.2. The number of rotatable bonds is 4. The molecule has 0 saturated heterocycles. The van der Waals surface area contributed by atoms with Crippen LogP contribution in [0.2, 0.25) is 0 Å². The lowest BCUT2D eigenvalue weighted by Crippen LogP contribution is -2.20. The van der Waals surface area contributed by atoms with Crippen LogP contribution in [0.5, 0.6) is 0 Å². The topological polar surface area (TPSA) is 66.9 Å². The molecular formula is C23H20N4OS. The average Bonchev–Trinajstić information content (AvgIpc) is 3.31. The van der Waals surface area contributed by atoms with Crippen LogP contribution in [0.25, 0.3) is 10.2 Å². The monoisotopic (exact) mass is 400 g/mol. The summed E-state index contributed by atoms with van der Waals surface area (Å²) in [6.45, 7) is 2.09. The van der Waals surface area contributed by atoms with Gasteiger partial charge in [-0.1, -0.05) is 24.3 Å². The van der Waals surface area contributed by atoms with Crippen molar-refractivity contribution < 1.29 is 4.79 Å². The molecule has 4 aromatic rings. The fraction of sp³-hybridized carbons (Fsp3) is 0.174. The highest BCUT2D eigenvalue weighted by atomic mass is 32.1. The van der Waals surface area contributed by atoms with Gasteiger partial charge in [0.25, 0.3) is 5.91 Å². The minimum atomic E-state index is -0.0817. The van der Waals surface area contributed by atoms with Crippen molar-refractivity contribution in [2.75, 3.05) is 10.6 Å². The fourth-order valence-electron chi connectivity index (χ4n) is 3.91. The number of fused-ring (bicyclic) bond motifs is 2. The first-order valence-electron chi connectivity index (χ1n) is 9.61. The first kappa shape index (κ1) is 17.8. The predicted octanol–water partition coefficient (Wildman–Crippen LogP) is 4.83. The number of thiophene rings is 1. The van der Waals surface area contributed by atoms with Gasteiger partial charge < -0.3 is 10.6 Å². The Labute approximate surface area is 172 Å². The van der Waals surface area contributed by atoms with Gasteiger partial charge in [0, 0.05) is 17.3 Å². The zero-order chi connectivity index (χ0) is 19.8. The molecule has 0 fully saturated rings. The maximum absolute atomic E-state index is 12.6. The van der Waals surface area contributed by atoms with Crippen LogP contribution in [0.15, 0.2) is 60.2 Å². The molecule has 1 amide bonds. The normalized spacial score (nSPS) is 15.3. The predicted molar refractivity (Wildman–Crippen MR) is 118 cm³/mol. The molecule has 0 bridgehead atoms. The van der Waals surface area contributed by atoms with Gasteiger partial charge in [-0.2, -0.15) is 0 Å². The summed E-state index contributed by atoms with van der Waals surface area (Å²) in [6.07, 6.45) is 3.41. The Morgan fingerprint density at radius 1 is 1.07 bits per heavy atom. The highest BCUT2D eigenvalue weighted by Crippen LogP contribution is 2.31. The number of aromatic nitrogens is 2. The van der Waals surface area contributed by atoms with Crippen LogP contribution in [-0.4, -0.2) is 21.9 Å². The quantitative estimate of drug-likeness (QED) is 0.515. The number of hydrogen-bond donors (Lipinski definition) is 2. The van der Waals surface area contributed by atoms with Gasteiger partial charge in [0.2, 0.25) is 0 Å². The molecule has 6 heteroatoms. The third kappa shape index (κ3) is 3.47. The van der Waals surface area contributed by atoms with Gasteiger partial charge in [-0.05, 0) is 66.1 Å². The van der Waals surface area contributed by atoms with Gasteiger partial charge in [0.1, 0.15) is 17.0 Å². The molecule has 1 aliphatic rings. The van der Waals surface area contributed by atoms with Crippen LogP contribution in [0.1, 0.15) is 27.0 Å². The van der Waals surface area contributed by atoms with E-state index in [-0.39, 0.29) is 11.9 Å². The second-order valence-corrected chi connectivity index (χ2v) is 8.23. The Morgan fingerprint density at radius 3 is 2.76 bits per heavy atom. The number of nitrogens with zero attached hydrogens (tertiary/aromatic N) is 2. The summed E-state index contributed by atoms with van der Waals surface area (Å²) in [7, 11) is 0. The Hall–Kier alpha value is -3.25. The van der Waals surface area contributed by atoms with Crippen LogP contribution in [0.4, 0.5) is 11.5 Å². The third-order valence-electron chi connectivity index (χ3n) is 5.33. The number of amides is 1. The van der Waals surface area contributed by atoms with Crippen molar-refractivity contribution in [2.45, 2.75) is 25.8 Å². The molecule has 0 saturated carbocycles. The number of hydrogen-bond acceptors (Lipinski definition) is 5. The van der Waals surface area contributed by atoms with Crippen molar-refractivity contribution in [1.82, 2.24) is 9.97 Å². The SMILES string of the molecule is Cc1csc2ncnc(NC3Cc4ccc(C(=O)Nc5ccccc5)cc4C3)c12. The molecule has 2 N–H and O–H groups in total. The number of nitrogens with one attached hydrogen (secondary N) is 2. The van der Waals surface area contributed by atoms with Crippen molar-refractivity contribution in [3.8, 4) is 0 Å². The van der Waals surface area contributed by atoms with Gasteiger partial charge in [-0.3, -0.25) is 4.79 Å². The summed E-state index contributed by atoms with van der Waals surface area (Å²) in [5.41, 5.74) is 5.19. The highest BCUT2D eigenvalue weighted by Gasteiger charge is 2.24. The molecular weight excluding hydrogens is 380 g/mol. The highest BCUT2D eigenvalue weighted by molar-refractivity contribution is 7.17. The second-order valence-electron chi connectivity index (χ2n) is 7.37. The zero-order valence-corrected chi connectivity index (χ0v) is 16.8. The molecule has 1 aliphatic carbocycles. The number of aryl methyl sites for hydroxylation is 1. The second kappa shape index (κ2) is 7.29. The molecule has 2 heterocycles. The van der Waals surface area contributed by atoms with Crippen LogP contribution in [0.3, 0.4) is 0 Å². The third-order valence-corrected chi connectivity index (χ3v) is 6.33. The molecule has 5 rings (SSSR count). The van der Waals surface area contributed by atoms with Gasteiger partial charge >= 0.3 is 0 Å². The summed E-state index contributed by atoms with van der Waals surface area (Å²) < 4.78 is 0. The molecule has 29 heavy (non-hydrogen) atoms. The number of anilines is 2. The minimum absolute atomic E-state index is 0.0817. The van der Waals surface area contributed by atoms with Gasteiger partial charge in [-0.25, -0.2) is 9.97 Å². The average molecular weight is 401 g/mol. The first-order valence-corrected chi connectivity index (χ1v) is 10.5. The van der Waals surface area contributed by atoms with E-state index < -0.39 is 0 Å². The maximum atomic E-state index is 12.6. The summed E-state index contributed by atoms with van der Waals surface area (Å²) in [6, 6.07) is 15.8. The van der Waals surface area contributed by atoms with Gasteiger partial charge in [-0.15, -0.1) is 11.3 Å². The summed E-state index contributed by atoms with van der Waals surface area (Å²) in [5, 5.41) is 9.78. The van der Waals surface area contributed by atoms with Crippen molar-refractivity contribution in [2.24, 2.45) is 0 Å². The van der Waals surface area contributed by atoms with Crippen molar-refractivity contribution in [3.05, 3.63) is 82.5 Å². The Bertz CT molecular complexity index is 1200. The van der Waals surface area contributed by atoms with Gasteiger partial charge in [0.15, 0.2) is 0 Å². The lowest BCUT2D eigenvalue weighted by atomic mass is 10.1. The number of para-hydroxylation sites is 1. The fourth-order valence-corrected chi connectivity index (χ4v) is 4.80. The molecule has 5 nitrogen and oxygen atoms in total. The van der Waals surface area contributed by atoms with E-state index in [1.807, 2.05) is 42.5 Å². The number of carbonyl (C=O) groups is 1. The summed E-state index contributed by atoms with van der Waals surface area (Å²) in [5.74, 6) is 0.815. The van der Waals surface area contributed by atoms with E-state index in [9.17, 15) is 4.79 Å². The van der Waals surface area contributed by atoms with Crippen LogP contribution >= 0.6 is 11.3 Å². The molecule has 0 spiro atoms. The largest absolute Gasteiger partial charge is 0.366 e. The molecule has 0 aliphatic heterocycles. The molecule has 2 aromatic heterocycles. The van der Waals surface area contributed by atoms with Gasteiger partial charge in [0.05, 0.1) is 5.39 Å². The van der Waals surface area contributed by atoms with E-state index in [2.05, 4.69) is 39.0 Å². The smallest absolute Gasteiger partial charge is 0.255 e. The van der Waals surface area contributed by atoms with E-state index >= 15 is 0 Å². The number of carbonyl (C=O) groups excluding carboxylic acids is 1. The minimum Gasteiger partial charge on any atom is -0.366 e. The molecule has 144 valence electrons. The Kier molecular flexibility index (Phi) is 4.48.